The topological polar surface area (TPSA) is 58.6 Å². The molecule has 1 aliphatic heterocycles. The summed E-state index contributed by atoms with van der Waals surface area (Å²) in [5, 5.41) is 3.91. The van der Waals surface area contributed by atoms with Crippen LogP contribution in [0.15, 0.2) is 48.5 Å². The third-order valence-electron chi connectivity index (χ3n) is 4.46. The zero-order chi connectivity index (χ0) is 19.2. The Bertz CT molecular complexity index is 806. The van der Waals surface area contributed by atoms with Gasteiger partial charge in [0.05, 0.1) is 5.02 Å². The number of ether oxygens (including phenoxy) is 1. The Balaban J connectivity index is 1.44. The molecule has 0 aliphatic carbocycles. The molecule has 0 unspecified atom stereocenters. The fraction of sp³-hybridized carbons (Fsp3) is 0.300. The minimum Gasteiger partial charge on any atom is -0.482 e. The summed E-state index contributed by atoms with van der Waals surface area (Å²) in [6.45, 7) is 1.08. The lowest BCUT2D eigenvalue weighted by Crippen LogP contribution is -2.47. The maximum atomic E-state index is 12.3. The van der Waals surface area contributed by atoms with Crippen LogP contribution in [-0.4, -0.2) is 42.5 Å². The number of nitrogens with zero attached hydrogens (tertiary/aromatic N) is 1. The van der Waals surface area contributed by atoms with Crippen molar-refractivity contribution in [3.05, 3.63) is 64.1 Å². The summed E-state index contributed by atoms with van der Waals surface area (Å²) in [5.74, 6) is 0.245. The second-order valence-electron chi connectivity index (χ2n) is 6.36. The average molecular weight is 407 g/mol. The summed E-state index contributed by atoms with van der Waals surface area (Å²) in [6, 6.07) is 14.1. The summed E-state index contributed by atoms with van der Waals surface area (Å²) in [5.41, 5.74) is 0.643. The van der Waals surface area contributed by atoms with E-state index in [-0.39, 0.29) is 24.5 Å². The molecule has 2 aromatic rings. The first-order chi connectivity index (χ1) is 13.0. The molecule has 1 fully saturated rings. The minimum absolute atomic E-state index is 0.0633. The molecule has 0 spiro atoms. The summed E-state index contributed by atoms with van der Waals surface area (Å²) < 4.78 is 5.50. The van der Waals surface area contributed by atoms with Crippen molar-refractivity contribution in [2.75, 3.05) is 19.7 Å². The molecule has 0 saturated carbocycles. The highest BCUT2D eigenvalue weighted by molar-refractivity contribution is 6.35. The van der Waals surface area contributed by atoms with Crippen LogP contribution in [0, 0.1) is 0 Å². The van der Waals surface area contributed by atoms with E-state index < -0.39 is 0 Å². The number of benzene rings is 2. The van der Waals surface area contributed by atoms with Gasteiger partial charge in [0.25, 0.3) is 11.8 Å². The number of hydrogen-bond donors (Lipinski definition) is 1. The van der Waals surface area contributed by atoms with Crippen LogP contribution in [0.25, 0.3) is 0 Å². The quantitative estimate of drug-likeness (QED) is 0.821. The smallest absolute Gasteiger partial charge is 0.260 e. The number of carbonyl (C=O) groups excluding carboxylic acids is 2. The van der Waals surface area contributed by atoms with E-state index in [1.165, 1.54) is 0 Å². The molecule has 3 rings (SSSR count). The van der Waals surface area contributed by atoms with Gasteiger partial charge in [0, 0.05) is 29.7 Å². The molecular weight excluding hydrogens is 387 g/mol. The van der Waals surface area contributed by atoms with Crippen molar-refractivity contribution in [1.82, 2.24) is 10.2 Å². The van der Waals surface area contributed by atoms with Gasteiger partial charge >= 0.3 is 0 Å². The van der Waals surface area contributed by atoms with Crippen LogP contribution in [0.5, 0.6) is 5.75 Å². The van der Waals surface area contributed by atoms with Crippen molar-refractivity contribution in [2.45, 2.75) is 18.9 Å². The number of likely N-dealkylation sites (tertiary alicyclic amines) is 1. The summed E-state index contributed by atoms with van der Waals surface area (Å²) in [7, 11) is 0. The first kappa shape index (κ1) is 19.5. The number of amides is 2. The molecule has 0 radical (unpaired) electrons. The van der Waals surface area contributed by atoms with Gasteiger partial charge in [0.15, 0.2) is 6.61 Å². The Labute approximate surface area is 168 Å². The van der Waals surface area contributed by atoms with Crippen LogP contribution >= 0.6 is 23.2 Å². The molecule has 2 amide bonds. The standard InChI is InChI=1S/C20H20Cl2N2O3/c21-15-6-7-18(17(22)12-15)27-13-19(25)24-10-8-16(9-11-24)23-20(26)14-4-2-1-3-5-14/h1-7,12,16H,8-11,13H2,(H,23,26). The maximum absolute atomic E-state index is 12.3. The first-order valence-electron chi connectivity index (χ1n) is 8.74. The molecule has 1 heterocycles. The van der Waals surface area contributed by atoms with Crippen LogP contribution in [0.3, 0.4) is 0 Å². The Morgan fingerprint density at radius 2 is 1.78 bits per heavy atom. The second-order valence-corrected chi connectivity index (χ2v) is 7.20. The third kappa shape index (κ3) is 5.37. The van der Waals surface area contributed by atoms with Crippen LogP contribution in [-0.2, 0) is 4.79 Å². The summed E-state index contributed by atoms with van der Waals surface area (Å²) >= 11 is 11.9. The molecule has 5 nitrogen and oxygen atoms in total. The van der Waals surface area contributed by atoms with Gasteiger partial charge in [-0.15, -0.1) is 0 Å². The molecule has 0 atom stereocenters. The molecule has 0 aromatic heterocycles. The Kier molecular flexibility index (Phi) is 6.58. The number of hydrogen-bond acceptors (Lipinski definition) is 3. The van der Waals surface area contributed by atoms with Gasteiger partial charge in [0.1, 0.15) is 5.75 Å². The van der Waals surface area contributed by atoms with Gasteiger partial charge in [-0.2, -0.15) is 0 Å². The Hall–Kier alpha value is -2.24. The Morgan fingerprint density at radius 1 is 1.07 bits per heavy atom. The SMILES string of the molecule is O=C(NC1CCN(C(=O)COc2ccc(Cl)cc2Cl)CC1)c1ccccc1. The molecule has 2 aromatic carbocycles. The molecule has 1 aliphatic rings. The first-order valence-corrected chi connectivity index (χ1v) is 9.50. The van der Waals surface area contributed by atoms with Crippen molar-refractivity contribution >= 4 is 35.0 Å². The Morgan fingerprint density at radius 3 is 2.44 bits per heavy atom. The molecule has 7 heteroatoms. The van der Waals surface area contributed by atoms with Crippen molar-refractivity contribution in [3.63, 3.8) is 0 Å². The third-order valence-corrected chi connectivity index (χ3v) is 4.99. The van der Waals surface area contributed by atoms with E-state index in [1.54, 1.807) is 35.2 Å². The van der Waals surface area contributed by atoms with E-state index in [4.69, 9.17) is 27.9 Å². The van der Waals surface area contributed by atoms with Crippen LogP contribution < -0.4 is 10.1 Å². The fourth-order valence-corrected chi connectivity index (χ4v) is 3.42. The highest BCUT2D eigenvalue weighted by atomic mass is 35.5. The van der Waals surface area contributed by atoms with Gasteiger partial charge in [-0.25, -0.2) is 0 Å². The van der Waals surface area contributed by atoms with E-state index >= 15 is 0 Å². The van der Waals surface area contributed by atoms with E-state index in [0.29, 0.717) is 47.3 Å². The molecule has 0 bridgehead atoms. The summed E-state index contributed by atoms with van der Waals surface area (Å²) in [6.07, 6.45) is 1.43. The number of nitrogens with one attached hydrogen (secondary N) is 1. The molecule has 1 N–H and O–H groups in total. The van der Waals surface area contributed by atoms with Gasteiger partial charge in [-0.1, -0.05) is 41.4 Å². The van der Waals surface area contributed by atoms with Crippen molar-refractivity contribution in [3.8, 4) is 5.75 Å². The summed E-state index contributed by atoms with van der Waals surface area (Å²) in [4.78, 5) is 26.3. The van der Waals surface area contributed by atoms with Gasteiger partial charge < -0.3 is 15.0 Å². The van der Waals surface area contributed by atoms with Crippen molar-refractivity contribution < 1.29 is 14.3 Å². The van der Waals surface area contributed by atoms with Crippen molar-refractivity contribution in [1.29, 1.82) is 0 Å². The van der Waals surface area contributed by atoms with E-state index in [2.05, 4.69) is 5.32 Å². The lowest BCUT2D eigenvalue weighted by Gasteiger charge is -2.32. The number of carbonyl (C=O) groups is 2. The molecular formula is C20H20Cl2N2O3. The van der Waals surface area contributed by atoms with Gasteiger partial charge in [0.2, 0.25) is 0 Å². The predicted octanol–water partition coefficient (Wildman–Crippen LogP) is 3.79. The van der Waals surface area contributed by atoms with Gasteiger partial charge in [-0.3, -0.25) is 9.59 Å². The number of halogens is 2. The van der Waals surface area contributed by atoms with Crippen LogP contribution in [0.2, 0.25) is 10.0 Å². The number of piperidine rings is 1. The highest BCUT2D eigenvalue weighted by Crippen LogP contribution is 2.27. The number of rotatable bonds is 5. The van der Waals surface area contributed by atoms with E-state index in [1.807, 2.05) is 18.2 Å². The average Bonchev–Trinajstić information content (AvgIpc) is 2.68. The molecule has 27 heavy (non-hydrogen) atoms. The molecule has 142 valence electrons. The predicted molar refractivity (Wildman–Crippen MR) is 105 cm³/mol. The largest absolute Gasteiger partial charge is 0.482 e. The lowest BCUT2D eigenvalue weighted by atomic mass is 10.0. The van der Waals surface area contributed by atoms with E-state index in [9.17, 15) is 9.59 Å². The van der Waals surface area contributed by atoms with Crippen LogP contribution in [0.4, 0.5) is 0 Å². The van der Waals surface area contributed by atoms with Gasteiger partial charge in [-0.05, 0) is 43.2 Å². The zero-order valence-electron chi connectivity index (χ0n) is 14.7. The fourth-order valence-electron chi connectivity index (χ4n) is 2.95. The lowest BCUT2D eigenvalue weighted by molar-refractivity contribution is -0.134. The normalized spacial score (nSPS) is 14.7. The molecule has 1 saturated heterocycles. The van der Waals surface area contributed by atoms with Crippen molar-refractivity contribution in [2.24, 2.45) is 0 Å². The maximum Gasteiger partial charge on any atom is 0.260 e. The van der Waals surface area contributed by atoms with E-state index in [0.717, 1.165) is 0 Å². The monoisotopic (exact) mass is 406 g/mol. The van der Waals surface area contributed by atoms with Crippen LogP contribution in [0.1, 0.15) is 23.2 Å². The second kappa shape index (κ2) is 9.11. The minimum atomic E-state index is -0.103. The highest BCUT2D eigenvalue weighted by Gasteiger charge is 2.24. The zero-order valence-corrected chi connectivity index (χ0v) is 16.2.